The molecule has 2 aromatic rings. The Morgan fingerprint density at radius 3 is 2.82 bits per heavy atom. The highest BCUT2D eigenvalue weighted by Crippen LogP contribution is 2.52. The number of aromatic nitrogens is 1. The normalized spacial score (nSPS) is 35.7. The predicted octanol–water partition coefficient (Wildman–Crippen LogP) is 2.35. The summed E-state index contributed by atoms with van der Waals surface area (Å²) in [6.07, 6.45) is 6.34. The molecule has 5 heterocycles. The minimum atomic E-state index is -0.137. The summed E-state index contributed by atoms with van der Waals surface area (Å²) in [6.45, 7) is 3.16. The van der Waals surface area contributed by atoms with E-state index in [1.165, 1.54) is 42.4 Å². The molecule has 0 aliphatic carbocycles. The second-order valence-electron chi connectivity index (χ2n) is 6.52. The number of hydrogen-bond acceptors (Lipinski definition) is 3. The minimum absolute atomic E-state index is 0. The van der Waals surface area contributed by atoms with Gasteiger partial charge in [-0.05, 0) is 37.6 Å². The molecule has 1 spiro atoms. The first-order valence-electron chi connectivity index (χ1n) is 7.85. The van der Waals surface area contributed by atoms with Gasteiger partial charge >= 0.3 is 0 Å². The predicted molar refractivity (Wildman–Crippen MR) is 88.3 cm³/mol. The van der Waals surface area contributed by atoms with Crippen LogP contribution in [-0.4, -0.2) is 49.9 Å². The van der Waals surface area contributed by atoms with Crippen LogP contribution in [0.2, 0.25) is 0 Å². The van der Waals surface area contributed by atoms with Crippen LogP contribution < -0.4 is 0 Å². The van der Waals surface area contributed by atoms with E-state index >= 15 is 0 Å². The van der Waals surface area contributed by atoms with Crippen molar-refractivity contribution < 1.29 is 4.74 Å². The van der Waals surface area contributed by atoms with E-state index in [9.17, 15) is 0 Å². The van der Waals surface area contributed by atoms with E-state index < -0.39 is 0 Å². The monoisotopic (exact) mass is 292 g/mol. The molecular formula is C17H19BN3O. The summed E-state index contributed by atoms with van der Waals surface area (Å²) < 4.78 is 6.15. The summed E-state index contributed by atoms with van der Waals surface area (Å²) in [7, 11) is 0. The van der Waals surface area contributed by atoms with Gasteiger partial charge in [0.2, 0.25) is 0 Å². The third-order valence-corrected chi connectivity index (χ3v) is 5.65. The maximum absolute atomic E-state index is 6.15. The number of piperidine rings is 3. The Balaban J connectivity index is 0.00000125. The van der Waals surface area contributed by atoms with Crippen LogP contribution in [0.25, 0.3) is 10.9 Å². The quantitative estimate of drug-likeness (QED) is 0.820. The molecule has 1 aromatic heterocycles. The van der Waals surface area contributed by atoms with Crippen LogP contribution in [0, 0.1) is 5.92 Å². The van der Waals surface area contributed by atoms with E-state index in [0.29, 0.717) is 12.0 Å². The Morgan fingerprint density at radius 1 is 1.23 bits per heavy atom. The fourth-order valence-electron chi connectivity index (χ4n) is 4.69. The van der Waals surface area contributed by atoms with Gasteiger partial charge in [-0.25, -0.2) is 0 Å². The van der Waals surface area contributed by atoms with Gasteiger partial charge in [0.15, 0.2) is 12.0 Å². The molecule has 2 unspecified atom stereocenters. The molecule has 22 heavy (non-hydrogen) atoms. The van der Waals surface area contributed by atoms with E-state index in [1.54, 1.807) is 6.40 Å². The van der Waals surface area contributed by atoms with Gasteiger partial charge in [0.05, 0.1) is 12.6 Å². The van der Waals surface area contributed by atoms with Gasteiger partial charge in [-0.2, -0.15) is 0 Å². The third-order valence-electron chi connectivity index (χ3n) is 5.65. The van der Waals surface area contributed by atoms with E-state index in [1.807, 2.05) is 0 Å². The molecule has 2 atom stereocenters. The highest BCUT2D eigenvalue weighted by molar-refractivity contribution is 5.84. The first-order valence-corrected chi connectivity index (χ1v) is 7.85. The molecular weight excluding hydrogens is 273 g/mol. The molecule has 2 bridgehead atoms. The maximum atomic E-state index is 6.15. The lowest BCUT2D eigenvalue weighted by Gasteiger charge is -2.55. The van der Waals surface area contributed by atoms with Crippen LogP contribution in [0.15, 0.2) is 35.5 Å². The fourth-order valence-corrected chi connectivity index (χ4v) is 4.69. The average molecular weight is 292 g/mol. The van der Waals surface area contributed by atoms with Crippen LogP contribution in [-0.2, 0) is 4.74 Å². The number of fused-ring (bicyclic) bond motifs is 3. The van der Waals surface area contributed by atoms with Gasteiger partial charge in [0.1, 0.15) is 0 Å². The number of aliphatic imine (C=N–C) groups is 1. The molecule has 1 aromatic carbocycles. The number of benzene rings is 1. The first kappa shape index (κ1) is 13.9. The zero-order chi connectivity index (χ0) is 13.9. The third kappa shape index (κ3) is 1.66. The molecule has 3 fully saturated rings. The molecule has 5 heteroatoms. The topological polar surface area (TPSA) is 40.6 Å². The number of ether oxygens (including phenoxy) is 1. The van der Waals surface area contributed by atoms with Crippen molar-refractivity contribution in [2.75, 3.05) is 19.6 Å². The number of aromatic amines is 1. The van der Waals surface area contributed by atoms with Gasteiger partial charge in [-0.1, -0.05) is 18.2 Å². The zero-order valence-electron chi connectivity index (χ0n) is 12.5. The molecule has 3 saturated heterocycles. The zero-order valence-corrected chi connectivity index (χ0v) is 12.5. The lowest BCUT2D eigenvalue weighted by Crippen LogP contribution is -2.62. The maximum Gasteiger partial charge on any atom is 0.170 e. The molecule has 4 aliphatic rings. The van der Waals surface area contributed by atoms with Gasteiger partial charge in [-0.3, -0.25) is 9.89 Å². The van der Waals surface area contributed by atoms with Crippen LogP contribution >= 0.6 is 0 Å². The lowest BCUT2D eigenvalue weighted by molar-refractivity contribution is -0.129. The Labute approximate surface area is 132 Å². The molecule has 6 rings (SSSR count). The number of nitrogens with one attached hydrogen (secondary N) is 1. The van der Waals surface area contributed by atoms with Crippen molar-refractivity contribution in [1.82, 2.24) is 9.88 Å². The highest BCUT2D eigenvalue weighted by Gasteiger charge is 2.57. The molecule has 1 N–H and O–H groups in total. The van der Waals surface area contributed by atoms with E-state index in [2.05, 4.69) is 45.3 Å². The van der Waals surface area contributed by atoms with Gasteiger partial charge in [-0.15, -0.1) is 0 Å². The fraction of sp³-hybridized carbons (Fsp3) is 0.471. The van der Waals surface area contributed by atoms with Crippen molar-refractivity contribution in [1.29, 1.82) is 0 Å². The summed E-state index contributed by atoms with van der Waals surface area (Å²) in [5, 5.41) is 1.32. The van der Waals surface area contributed by atoms with Crippen LogP contribution in [0.5, 0.6) is 0 Å². The standard InChI is InChI=1S/C17H19N3O.B/c1-2-4-15-13(3-1)14(9-19-15)16-17(10-18-11-21-17)12-5-7-20(16)8-6-12;/h1-4,9,11-12,16,19H,5-8,10H2;. The summed E-state index contributed by atoms with van der Waals surface area (Å²) >= 11 is 0. The minimum Gasteiger partial charge on any atom is -0.473 e. The Bertz CT molecular complexity index is 710. The lowest BCUT2D eigenvalue weighted by atomic mass is 9.68. The largest absolute Gasteiger partial charge is 0.473 e. The highest BCUT2D eigenvalue weighted by atomic mass is 16.5. The molecule has 4 aliphatic heterocycles. The number of para-hydroxylation sites is 1. The molecule has 0 amide bonds. The van der Waals surface area contributed by atoms with Crippen molar-refractivity contribution in [3.05, 3.63) is 36.0 Å². The van der Waals surface area contributed by atoms with Crippen molar-refractivity contribution in [3.8, 4) is 0 Å². The second kappa shape index (κ2) is 4.88. The van der Waals surface area contributed by atoms with E-state index in [-0.39, 0.29) is 14.0 Å². The van der Waals surface area contributed by atoms with E-state index in [0.717, 1.165) is 6.54 Å². The van der Waals surface area contributed by atoms with Crippen molar-refractivity contribution in [3.63, 3.8) is 0 Å². The summed E-state index contributed by atoms with van der Waals surface area (Å²) in [5.74, 6) is 0.628. The molecule has 0 saturated carbocycles. The number of rotatable bonds is 1. The number of hydrogen-bond donors (Lipinski definition) is 1. The van der Waals surface area contributed by atoms with Crippen LogP contribution in [0.4, 0.5) is 0 Å². The van der Waals surface area contributed by atoms with Crippen molar-refractivity contribution in [2.45, 2.75) is 24.5 Å². The first-order chi connectivity index (χ1) is 10.4. The smallest absolute Gasteiger partial charge is 0.170 e. The van der Waals surface area contributed by atoms with Gasteiger partial charge < -0.3 is 9.72 Å². The van der Waals surface area contributed by atoms with Gasteiger partial charge in [0.25, 0.3) is 0 Å². The van der Waals surface area contributed by atoms with E-state index in [4.69, 9.17) is 4.74 Å². The van der Waals surface area contributed by atoms with Crippen molar-refractivity contribution >= 4 is 25.7 Å². The molecule has 3 radical (unpaired) electrons. The van der Waals surface area contributed by atoms with Crippen molar-refractivity contribution in [2.24, 2.45) is 10.9 Å². The molecule has 4 nitrogen and oxygen atoms in total. The number of H-pyrrole nitrogens is 1. The summed E-state index contributed by atoms with van der Waals surface area (Å²) in [6, 6.07) is 8.89. The Kier molecular flexibility index (Phi) is 3.08. The molecule has 111 valence electrons. The summed E-state index contributed by atoms with van der Waals surface area (Å²) in [4.78, 5) is 10.5. The Morgan fingerprint density at radius 2 is 2.05 bits per heavy atom. The summed E-state index contributed by atoms with van der Waals surface area (Å²) in [5.41, 5.74) is 2.45. The Hall–Kier alpha value is -1.75. The van der Waals surface area contributed by atoms with Crippen LogP contribution in [0.3, 0.4) is 0 Å². The SMILES string of the molecule is C1=NCC2(O1)C1CCN(CC1)C2c1c[nH]c2ccccc12.[B]. The van der Waals surface area contributed by atoms with Crippen LogP contribution in [0.1, 0.15) is 24.4 Å². The number of nitrogens with zero attached hydrogens (tertiary/aromatic N) is 2. The second-order valence-corrected chi connectivity index (χ2v) is 6.52. The van der Waals surface area contributed by atoms with Gasteiger partial charge in [0, 0.05) is 31.4 Å². The average Bonchev–Trinajstić information content (AvgIpc) is 3.17.